The predicted molar refractivity (Wildman–Crippen MR) is 210 cm³/mol. The van der Waals surface area contributed by atoms with Crippen molar-refractivity contribution in [2.45, 2.75) is 76.2 Å². The second-order valence-electron chi connectivity index (χ2n) is 13.4. The quantitative estimate of drug-likeness (QED) is 0.0402. The number of ether oxygens (including phenoxy) is 3. The van der Waals surface area contributed by atoms with E-state index in [0.29, 0.717) is 25.7 Å². The van der Waals surface area contributed by atoms with E-state index in [1.165, 1.54) is 0 Å². The van der Waals surface area contributed by atoms with Crippen LogP contribution in [0.25, 0.3) is 0 Å². The molecule has 0 aliphatic carbocycles. The molecule has 0 saturated carbocycles. The Morgan fingerprint density at radius 2 is 1.20 bits per heavy atom. The molecule has 3 amide bonds. The predicted octanol–water partition coefficient (Wildman–Crippen LogP) is 5.63. The van der Waals surface area contributed by atoms with E-state index in [1.54, 1.807) is 4.90 Å². The van der Waals surface area contributed by atoms with Crippen LogP contribution in [-0.4, -0.2) is 66.7 Å². The number of rotatable bonds is 24. The summed E-state index contributed by atoms with van der Waals surface area (Å²) >= 11 is 0. The van der Waals surface area contributed by atoms with Gasteiger partial charge in [0.25, 0.3) is 0 Å². The number of carbonyl (C=O) groups is 4. The first kappa shape index (κ1) is 42.2. The van der Waals surface area contributed by atoms with Crippen molar-refractivity contribution < 1.29 is 33.4 Å². The lowest BCUT2D eigenvalue weighted by Gasteiger charge is -2.33. The van der Waals surface area contributed by atoms with Gasteiger partial charge in [0.2, 0.25) is 6.41 Å². The normalized spacial score (nSPS) is 13.1. The number of nitrogens with one attached hydrogen (secondary N) is 2. The zero-order valence-corrected chi connectivity index (χ0v) is 31.2. The van der Waals surface area contributed by atoms with Crippen LogP contribution in [0.4, 0.5) is 9.59 Å². The fourth-order valence-electron chi connectivity index (χ4n) is 6.08. The molecule has 4 aromatic carbocycles. The van der Waals surface area contributed by atoms with Crippen LogP contribution >= 0.6 is 0 Å². The smallest absolute Gasteiger partial charge is 0.410 e. The first-order valence-corrected chi connectivity index (χ1v) is 18.6. The van der Waals surface area contributed by atoms with Gasteiger partial charge in [-0.3, -0.25) is 9.59 Å². The fraction of sp³-hybridized carbons (Fsp3) is 0.349. The lowest BCUT2D eigenvalue weighted by molar-refractivity contribution is -0.126. The van der Waals surface area contributed by atoms with Crippen molar-refractivity contribution in [3.63, 3.8) is 0 Å². The second-order valence-corrected chi connectivity index (χ2v) is 13.4. The Balaban J connectivity index is 1.40. The summed E-state index contributed by atoms with van der Waals surface area (Å²) in [7, 11) is 0. The van der Waals surface area contributed by atoms with E-state index < -0.39 is 30.0 Å². The number of hydrogen-bond acceptors (Lipinski definition) is 9. The van der Waals surface area contributed by atoms with Gasteiger partial charge in [-0.2, -0.15) is 0 Å². The Labute approximate surface area is 323 Å². The van der Waals surface area contributed by atoms with Crippen LogP contribution in [0, 0.1) is 0 Å². The molecule has 0 aromatic heterocycles. The highest BCUT2D eigenvalue weighted by Crippen LogP contribution is 2.23. The fourth-order valence-corrected chi connectivity index (χ4v) is 6.08. The Bertz CT molecular complexity index is 1720. The minimum absolute atomic E-state index is 0.0853. The summed E-state index contributed by atoms with van der Waals surface area (Å²) in [5.74, 6) is -0.319. The van der Waals surface area contributed by atoms with Gasteiger partial charge in [0.1, 0.15) is 19.4 Å². The summed E-state index contributed by atoms with van der Waals surface area (Å²) in [6.07, 6.45) is 0.471. The molecule has 0 aliphatic rings. The highest BCUT2D eigenvalue weighted by molar-refractivity contribution is 5.92. The molecule has 0 spiro atoms. The van der Waals surface area contributed by atoms with E-state index in [0.717, 1.165) is 22.3 Å². The van der Waals surface area contributed by atoms with Crippen LogP contribution < -0.4 is 22.1 Å². The first-order valence-electron chi connectivity index (χ1n) is 18.6. The van der Waals surface area contributed by atoms with Crippen LogP contribution in [0.2, 0.25) is 0 Å². The number of alkyl carbamates (subject to hydrolysis) is 1. The summed E-state index contributed by atoms with van der Waals surface area (Å²) in [5, 5.41) is 5.42. The molecule has 0 saturated heterocycles. The van der Waals surface area contributed by atoms with Gasteiger partial charge in [0, 0.05) is 19.6 Å². The topological polar surface area (TPSA) is 175 Å². The molecular formula is C43H53N5O7. The number of nitrogens with two attached hydrogens (primary N) is 2. The Hall–Kier alpha value is -5.56. The maximum Gasteiger partial charge on any atom is 0.410 e. The molecule has 4 aromatic rings. The summed E-state index contributed by atoms with van der Waals surface area (Å²) < 4.78 is 17.0. The van der Waals surface area contributed by atoms with E-state index in [4.69, 9.17) is 25.7 Å². The first-order chi connectivity index (χ1) is 26.8. The van der Waals surface area contributed by atoms with Gasteiger partial charge in [-0.05, 0) is 60.8 Å². The standard InChI is InChI=1S/C43H53N5O7/c44-38(29-34-15-5-1-6-16-34)40(50)43(45,25-23-39(47-33-49)53-30-35-17-7-2-8-18-35)24-13-27-48(42(52)55-32-37-21-11-4-12-22-37)28-14-26-46-41(51)54-31-36-19-9-3-10-20-36/h1-12,15-22,33,38-39H,13-14,23-32,44-45H2,(H,46,51)(H,47,49). The molecule has 0 radical (unpaired) electrons. The highest BCUT2D eigenvalue weighted by Gasteiger charge is 2.37. The average Bonchev–Trinajstić information content (AvgIpc) is 3.22. The third-order valence-electron chi connectivity index (χ3n) is 9.13. The molecule has 0 fully saturated rings. The average molecular weight is 752 g/mol. The number of ketones is 1. The molecule has 0 heterocycles. The summed E-state index contributed by atoms with van der Waals surface area (Å²) in [5.41, 5.74) is 15.6. The van der Waals surface area contributed by atoms with Crippen molar-refractivity contribution in [3.8, 4) is 0 Å². The van der Waals surface area contributed by atoms with Gasteiger partial charge >= 0.3 is 12.2 Å². The van der Waals surface area contributed by atoms with E-state index in [9.17, 15) is 19.2 Å². The number of Topliss-reactive ketones (excluding diaryl/α,β-unsaturated/α-hetero) is 1. The van der Waals surface area contributed by atoms with Crippen LogP contribution in [-0.2, 0) is 50.0 Å². The molecule has 55 heavy (non-hydrogen) atoms. The Morgan fingerprint density at radius 3 is 1.76 bits per heavy atom. The molecule has 292 valence electrons. The number of amides is 3. The molecular weight excluding hydrogens is 699 g/mol. The Morgan fingerprint density at radius 1 is 0.691 bits per heavy atom. The molecule has 0 aliphatic heterocycles. The maximum absolute atomic E-state index is 14.1. The van der Waals surface area contributed by atoms with Crippen LogP contribution in [0.5, 0.6) is 0 Å². The number of benzene rings is 4. The zero-order valence-electron chi connectivity index (χ0n) is 31.2. The van der Waals surface area contributed by atoms with Crippen molar-refractivity contribution >= 4 is 24.4 Å². The summed E-state index contributed by atoms with van der Waals surface area (Å²) in [4.78, 5) is 52.8. The monoisotopic (exact) mass is 751 g/mol. The van der Waals surface area contributed by atoms with E-state index in [1.807, 2.05) is 121 Å². The van der Waals surface area contributed by atoms with Gasteiger partial charge in [-0.25, -0.2) is 9.59 Å². The second kappa shape index (κ2) is 23.3. The zero-order chi connectivity index (χ0) is 39.1. The lowest BCUT2D eigenvalue weighted by atomic mass is 9.80. The molecule has 12 nitrogen and oxygen atoms in total. The third kappa shape index (κ3) is 15.4. The van der Waals surface area contributed by atoms with Crippen molar-refractivity contribution in [3.05, 3.63) is 144 Å². The van der Waals surface area contributed by atoms with Crippen molar-refractivity contribution in [2.24, 2.45) is 11.5 Å². The van der Waals surface area contributed by atoms with Gasteiger partial charge in [-0.1, -0.05) is 121 Å². The third-order valence-corrected chi connectivity index (χ3v) is 9.13. The van der Waals surface area contributed by atoms with E-state index in [-0.39, 0.29) is 64.5 Å². The van der Waals surface area contributed by atoms with Crippen LogP contribution in [0.3, 0.4) is 0 Å². The van der Waals surface area contributed by atoms with E-state index in [2.05, 4.69) is 10.6 Å². The minimum atomic E-state index is -1.39. The highest BCUT2D eigenvalue weighted by atomic mass is 16.6. The molecule has 6 N–H and O–H groups in total. The minimum Gasteiger partial charge on any atom is -0.445 e. The summed E-state index contributed by atoms with van der Waals surface area (Å²) in [6, 6.07) is 36.9. The molecule has 3 unspecified atom stereocenters. The van der Waals surface area contributed by atoms with Gasteiger partial charge in [0.15, 0.2) is 5.78 Å². The largest absolute Gasteiger partial charge is 0.445 e. The number of hydrogen-bond donors (Lipinski definition) is 4. The molecule has 12 heteroatoms. The SMILES string of the molecule is NC(Cc1ccccc1)C(=O)C(N)(CCCN(CCCNC(=O)OCc1ccccc1)C(=O)OCc1ccccc1)CCC(NC=O)OCc1ccccc1. The maximum atomic E-state index is 14.1. The van der Waals surface area contributed by atoms with Gasteiger partial charge in [0.05, 0.1) is 18.2 Å². The van der Waals surface area contributed by atoms with Crippen molar-refractivity contribution in [2.75, 3.05) is 19.6 Å². The van der Waals surface area contributed by atoms with Crippen LogP contribution in [0.1, 0.15) is 54.4 Å². The number of carbonyl (C=O) groups excluding carboxylic acids is 4. The van der Waals surface area contributed by atoms with Crippen molar-refractivity contribution in [1.29, 1.82) is 0 Å². The number of nitrogens with zero attached hydrogens (tertiary/aromatic N) is 1. The van der Waals surface area contributed by atoms with Gasteiger partial charge < -0.3 is 41.2 Å². The van der Waals surface area contributed by atoms with E-state index >= 15 is 0 Å². The molecule has 3 atom stereocenters. The van der Waals surface area contributed by atoms with Gasteiger partial charge in [-0.15, -0.1) is 0 Å². The van der Waals surface area contributed by atoms with Crippen LogP contribution in [0.15, 0.2) is 121 Å². The molecule has 0 bridgehead atoms. The lowest BCUT2D eigenvalue weighted by Crippen LogP contribution is -2.56. The molecule has 4 rings (SSSR count). The summed E-state index contributed by atoms with van der Waals surface area (Å²) in [6.45, 7) is 1.24. The van der Waals surface area contributed by atoms with Crippen molar-refractivity contribution in [1.82, 2.24) is 15.5 Å². The Kier molecular flexibility index (Phi) is 17.9.